The number of methoxy groups -OCH3 is 1. The summed E-state index contributed by atoms with van der Waals surface area (Å²) in [7, 11) is 5.68. The van der Waals surface area contributed by atoms with E-state index in [-0.39, 0.29) is 24.0 Å². The number of halogens is 1. The van der Waals surface area contributed by atoms with Crippen LogP contribution in [0, 0.1) is 6.92 Å². The Hall–Kier alpha value is -2.03. The van der Waals surface area contributed by atoms with Gasteiger partial charge in [0.15, 0.2) is 5.96 Å². The van der Waals surface area contributed by atoms with Crippen molar-refractivity contribution < 1.29 is 4.74 Å². The summed E-state index contributed by atoms with van der Waals surface area (Å²) in [5, 5.41) is 6.70. The molecule has 0 saturated carbocycles. The Morgan fingerprint density at radius 1 is 1.14 bits per heavy atom. The molecule has 0 aliphatic heterocycles. The third-order valence-electron chi connectivity index (χ3n) is 4.21. The minimum Gasteiger partial charge on any atom is -0.496 e. The van der Waals surface area contributed by atoms with Crippen molar-refractivity contribution in [3.8, 4) is 5.75 Å². The molecule has 2 aromatic rings. The maximum absolute atomic E-state index is 5.40. The maximum atomic E-state index is 5.40. The third kappa shape index (κ3) is 7.53. The first kappa shape index (κ1) is 24.0. The van der Waals surface area contributed by atoms with Crippen molar-refractivity contribution in [2.75, 3.05) is 39.2 Å². The van der Waals surface area contributed by atoms with Gasteiger partial charge < -0.3 is 20.3 Å². The molecule has 1 heterocycles. The predicted molar refractivity (Wildman–Crippen MR) is 128 cm³/mol. The highest BCUT2D eigenvalue weighted by molar-refractivity contribution is 14.0. The van der Waals surface area contributed by atoms with Crippen molar-refractivity contribution in [2.45, 2.75) is 26.8 Å². The Morgan fingerprint density at radius 2 is 1.93 bits per heavy atom. The second-order valence-corrected chi connectivity index (χ2v) is 6.59. The van der Waals surface area contributed by atoms with Crippen molar-refractivity contribution in [3.63, 3.8) is 0 Å². The third-order valence-corrected chi connectivity index (χ3v) is 4.21. The molecule has 154 valence electrons. The number of aryl methyl sites for hydroxylation is 1. The number of nitrogens with one attached hydrogen (secondary N) is 2. The van der Waals surface area contributed by atoms with E-state index in [4.69, 9.17) is 4.74 Å². The van der Waals surface area contributed by atoms with Crippen LogP contribution in [0.2, 0.25) is 0 Å². The monoisotopic (exact) mass is 497 g/mol. The van der Waals surface area contributed by atoms with Crippen LogP contribution in [-0.2, 0) is 13.0 Å². The molecule has 0 amide bonds. The zero-order valence-corrected chi connectivity index (χ0v) is 19.8. The molecule has 0 radical (unpaired) electrons. The Morgan fingerprint density at radius 3 is 2.61 bits per heavy atom. The van der Waals surface area contributed by atoms with Gasteiger partial charge in [0.25, 0.3) is 0 Å². The molecule has 1 aromatic carbocycles. The molecule has 0 unspecified atom stereocenters. The van der Waals surface area contributed by atoms with Gasteiger partial charge in [0.2, 0.25) is 0 Å². The van der Waals surface area contributed by atoms with Crippen LogP contribution in [0.15, 0.2) is 41.5 Å². The lowest BCUT2D eigenvalue weighted by molar-refractivity contribution is 0.411. The smallest absolute Gasteiger partial charge is 0.191 e. The van der Waals surface area contributed by atoms with Crippen LogP contribution in [-0.4, -0.2) is 45.2 Å². The molecule has 2 N–H and O–H groups in total. The van der Waals surface area contributed by atoms with Crippen LogP contribution in [0.1, 0.15) is 23.6 Å². The molecule has 7 heteroatoms. The molecule has 0 spiro atoms. The second kappa shape index (κ2) is 12.4. The number of pyridine rings is 1. The molecule has 28 heavy (non-hydrogen) atoms. The number of benzene rings is 1. The fraction of sp³-hybridized carbons (Fsp3) is 0.429. The molecule has 0 bridgehead atoms. The molecule has 1 aromatic heterocycles. The number of hydrogen-bond acceptors (Lipinski definition) is 4. The van der Waals surface area contributed by atoms with E-state index in [1.807, 2.05) is 31.3 Å². The highest BCUT2D eigenvalue weighted by Crippen LogP contribution is 2.19. The normalized spacial score (nSPS) is 10.8. The SMILES string of the molecule is CCNC(=NCc1ccnc(N(C)C)c1)NCCc1ccc(C)c(OC)c1.I. The number of guanidine groups is 1. The van der Waals surface area contributed by atoms with Crippen molar-refractivity contribution in [1.29, 1.82) is 0 Å². The molecule has 6 nitrogen and oxygen atoms in total. The van der Waals surface area contributed by atoms with Crippen LogP contribution in [0.4, 0.5) is 5.82 Å². The van der Waals surface area contributed by atoms with Gasteiger partial charge in [-0.3, -0.25) is 0 Å². The molecule has 2 rings (SSSR count). The van der Waals surface area contributed by atoms with Gasteiger partial charge in [0.1, 0.15) is 11.6 Å². The van der Waals surface area contributed by atoms with Crippen LogP contribution in [0.25, 0.3) is 0 Å². The topological polar surface area (TPSA) is 61.8 Å². The molecule has 0 aliphatic carbocycles. The predicted octanol–water partition coefficient (Wildman–Crippen LogP) is 3.38. The number of anilines is 1. The summed E-state index contributed by atoms with van der Waals surface area (Å²) in [6.07, 6.45) is 2.73. The van der Waals surface area contributed by atoms with Gasteiger partial charge in [-0.1, -0.05) is 12.1 Å². The van der Waals surface area contributed by atoms with E-state index in [9.17, 15) is 0 Å². The Bertz CT molecular complexity index is 764. The van der Waals surface area contributed by atoms with Gasteiger partial charge in [-0.25, -0.2) is 9.98 Å². The van der Waals surface area contributed by atoms with Crippen LogP contribution < -0.4 is 20.3 Å². The number of nitrogens with zero attached hydrogens (tertiary/aromatic N) is 3. The zero-order valence-electron chi connectivity index (χ0n) is 17.5. The zero-order chi connectivity index (χ0) is 19.6. The average molecular weight is 497 g/mol. The summed E-state index contributed by atoms with van der Waals surface area (Å²) in [4.78, 5) is 11.0. The lowest BCUT2D eigenvalue weighted by atomic mass is 10.1. The minimum atomic E-state index is 0. The van der Waals surface area contributed by atoms with Gasteiger partial charge >= 0.3 is 0 Å². The molecule has 0 atom stereocenters. The lowest BCUT2D eigenvalue weighted by Gasteiger charge is -2.13. The number of ether oxygens (including phenoxy) is 1. The average Bonchev–Trinajstić information content (AvgIpc) is 2.67. The number of aromatic nitrogens is 1. The van der Waals surface area contributed by atoms with Crippen LogP contribution in [0.3, 0.4) is 0 Å². The first-order valence-electron chi connectivity index (χ1n) is 9.31. The van der Waals surface area contributed by atoms with Crippen LogP contribution >= 0.6 is 24.0 Å². The molecular weight excluding hydrogens is 465 g/mol. The summed E-state index contributed by atoms with van der Waals surface area (Å²) < 4.78 is 5.40. The Balaban J connectivity index is 0.00000392. The van der Waals surface area contributed by atoms with Gasteiger partial charge in [0.05, 0.1) is 13.7 Å². The highest BCUT2D eigenvalue weighted by atomic mass is 127. The van der Waals surface area contributed by atoms with Crippen molar-refractivity contribution >= 4 is 35.8 Å². The summed E-state index contributed by atoms with van der Waals surface area (Å²) in [6, 6.07) is 10.4. The van der Waals surface area contributed by atoms with Crippen molar-refractivity contribution in [2.24, 2.45) is 4.99 Å². The molecule has 0 fully saturated rings. The van der Waals surface area contributed by atoms with E-state index < -0.39 is 0 Å². The Labute approximate surface area is 185 Å². The molecule has 0 aliphatic rings. The summed E-state index contributed by atoms with van der Waals surface area (Å²) >= 11 is 0. The number of hydrogen-bond donors (Lipinski definition) is 2. The molecular formula is C21H32IN5O. The highest BCUT2D eigenvalue weighted by Gasteiger charge is 2.03. The van der Waals surface area contributed by atoms with Gasteiger partial charge in [0, 0.05) is 33.4 Å². The van der Waals surface area contributed by atoms with E-state index in [1.54, 1.807) is 7.11 Å². The first-order chi connectivity index (χ1) is 13.0. The lowest BCUT2D eigenvalue weighted by Crippen LogP contribution is -2.38. The number of rotatable bonds is 8. The maximum Gasteiger partial charge on any atom is 0.191 e. The minimum absolute atomic E-state index is 0. The molecule has 0 saturated heterocycles. The second-order valence-electron chi connectivity index (χ2n) is 6.59. The summed E-state index contributed by atoms with van der Waals surface area (Å²) in [5.41, 5.74) is 3.53. The van der Waals surface area contributed by atoms with E-state index >= 15 is 0 Å². The van der Waals surface area contributed by atoms with Gasteiger partial charge in [-0.05, 0) is 55.2 Å². The fourth-order valence-electron chi connectivity index (χ4n) is 2.66. The summed E-state index contributed by atoms with van der Waals surface area (Å²) in [5.74, 6) is 2.69. The number of aliphatic imine (C=N–C) groups is 1. The fourth-order valence-corrected chi connectivity index (χ4v) is 2.66. The first-order valence-corrected chi connectivity index (χ1v) is 9.31. The quantitative estimate of drug-likeness (QED) is 0.333. The van der Waals surface area contributed by atoms with Crippen molar-refractivity contribution in [1.82, 2.24) is 15.6 Å². The largest absolute Gasteiger partial charge is 0.496 e. The van der Waals surface area contributed by atoms with E-state index in [0.717, 1.165) is 48.2 Å². The van der Waals surface area contributed by atoms with Crippen LogP contribution in [0.5, 0.6) is 5.75 Å². The van der Waals surface area contributed by atoms with E-state index in [1.165, 1.54) is 5.56 Å². The van der Waals surface area contributed by atoms with Crippen molar-refractivity contribution in [3.05, 3.63) is 53.2 Å². The van der Waals surface area contributed by atoms with E-state index in [0.29, 0.717) is 6.54 Å². The van der Waals surface area contributed by atoms with E-state index in [2.05, 4.69) is 58.7 Å². The van der Waals surface area contributed by atoms with Gasteiger partial charge in [-0.2, -0.15) is 0 Å². The standard InChI is InChI=1S/C21H31N5O.HI/c1-6-22-21(25-15-18-10-11-23-20(14-18)26(3)4)24-12-9-17-8-7-16(2)19(13-17)27-5;/h7-8,10-11,13-14H,6,9,12,15H2,1-5H3,(H2,22,24,25);1H. The van der Waals surface area contributed by atoms with Gasteiger partial charge in [-0.15, -0.1) is 24.0 Å². The summed E-state index contributed by atoms with van der Waals surface area (Å²) in [6.45, 7) is 6.36. The Kier molecular flexibility index (Phi) is 10.7.